The van der Waals surface area contributed by atoms with Gasteiger partial charge in [0, 0.05) is 10.9 Å². The van der Waals surface area contributed by atoms with Crippen LogP contribution in [-0.4, -0.2) is 30.1 Å². The van der Waals surface area contributed by atoms with Gasteiger partial charge in [0.1, 0.15) is 10.6 Å². The highest BCUT2D eigenvalue weighted by atomic mass is 32.1. The third kappa shape index (κ3) is 3.43. The Morgan fingerprint density at radius 3 is 2.40 bits per heavy atom. The molecule has 0 saturated heterocycles. The Bertz CT molecular complexity index is 1020. The third-order valence-corrected chi connectivity index (χ3v) is 7.03. The molecule has 4 atom stereocenters. The summed E-state index contributed by atoms with van der Waals surface area (Å²) in [5.74, 6) is -3.43. The third-order valence-electron chi connectivity index (χ3n) is 6.14. The highest BCUT2D eigenvalue weighted by molar-refractivity contribution is 7.15. The Balaban J connectivity index is 1.65. The minimum Gasteiger partial charge on any atom is -0.481 e. The molecule has 6 nitrogen and oxygen atoms in total. The van der Waals surface area contributed by atoms with Gasteiger partial charge in [-0.1, -0.05) is 43.3 Å². The lowest BCUT2D eigenvalue weighted by Crippen LogP contribution is -2.36. The number of carboxylic acid groups (broad SMARTS) is 1. The van der Waals surface area contributed by atoms with Crippen LogP contribution in [0.15, 0.2) is 41.8 Å². The summed E-state index contributed by atoms with van der Waals surface area (Å²) in [4.78, 5) is 37.3. The number of amides is 1. The molecule has 4 unspecified atom stereocenters. The molecule has 2 N–H and O–H groups in total. The number of thiophene rings is 1. The van der Waals surface area contributed by atoms with Gasteiger partial charge in [-0.3, -0.25) is 9.59 Å². The smallest absolute Gasteiger partial charge is 0.341 e. The fourth-order valence-corrected chi connectivity index (χ4v) is 5.56. The summed E-state index contributed by atoms with van der Waals surface area (Å²) in [5.41, 5.74) is 3.03. The van der Waals surface area contributed by atoms with E-state index in [4.69, 9.17) is 4.74 Å². The summed E-state index contributed by atoms with van der Waals surface area (Å²) in [6.45, 7) is 2.07. The molecule has 7 heteroatoms. The van der Waals surface area contributed by atoms with Crippen LogP contribution in [0.4, 0.5) is 5.00 Å². The number of hydrogen-bond acceptors (Lipinski definition) is 5. The normalized spacial score (nSPS) is 24.1. The minimum absolute atomic E-state index is 0.0845. The summed E-state index contributed by atoms with van der Waals surface area (Å²) >= 11 is 1.24. The fourth-order valence-electron chi connectivity index (χ4n) is 4.60. The van der Waals surface area contributed by atoms with E-state index in [0.717, 1.165) is 12.0 Å². The Kier molecular flexibility index (Phi) is 5.47. The first-order valence-electron chi connectivity index (χ1n) is 9.95. The Hall–Kier alpha value is -2.93. The zero-order valence-electron chi connectivity index (χ0n) is 16.8. The molecule has 4 rings (SSSR count). The molecule has 2 bridgehead atoms. The minimum atomic E-state index is -0.955. The molecular weight excluding hydrogens is 402 g/mol. The van der Waals surface area contributed by atoms with Gasteiger partial charge in [-0.15, -0.1) is 11.3 Å². The number of fused-ring (bicyclic) bond motifs is 2. The number of anilines is 1. The van der Waals surface area contributed by atoms with Crippen molar-refractivity contribution in [3.05, 3.63) is 52.9 Å². The first-order chi connectivity index (χ1) is 14.4. The molecule has 1 heterocycles. The van der Waals surface area contributed by atoms with Crippen LogP contribution in [0.25, 0.3) is 11.1 Å². The second-order valence-corrected chi connectivity index (χ2v) is 8.60. The van der Waals surface area contributed by atoms with Gasteiger partial charge in [-0.05, 0) is 35.8 Å². The lowest BCUT2D eigenvalue weighted by Gasteiger charge is -2.23. The molecule has 156 valence electrons. The fraction of sp³-hybridized carbons (Fsp3) is 0.348. The summed E-state index contributed by atoms with van der Waals surface area (Å²) in [6, 6.07) is 7.90. The van der Waals surface area contributed by atoms with Crippen molar-refractivity contribution in [2.45, 2.75) is 19.8 Å². The van der Waals surface area contributed by atoms with E-state index in [-0.39, 0.29) is 17.7 Å². The van der Waals surface area contributed by atoms with Crippen LogP contribution in [0, 0.1) is 23.7 Å². The van der Waals surface area contributed by atoms with Crippen molar-refractivity contribution in [3.8, 4) is 11.1 Å². The van der Waals surface area contributed by atoms with Gasteiger partial charge < -0.3 is 15.2 Å². The number of rotatable bonds is 6. The quantitative estimate of drug-likeness (QED) is 0.534. The molecular formula is C23H23NO5S. The van der Waals surface area contributed by atoms with Crippen molar-refractivity contribution in [1.29, 1.82) is 0 Å². The number of ether oxygens (including phenoxy) is 1. The molecule has 1 aromatic heterocycles. The number of aliphatic carboxylic acids is 1. The molecule has 1 fully saturated rings. The summed E-state index contributed by atoms with van der Waals surface area (Å²) in [6.07, 6.45) is 5.43. The number of carbonyl (C=O) groups excluding carboxylic acids is 2. The molecule has 30 heavy (non-hydrogen) atoms. The molecule has 1 amide bonds. The van der Waals surface area contributed by atoms with Crippen molar-refractivity contribution in [2.24, 2.45) is 23.7 Å². The number of methoxy groups -OCH3 is 1. The van der Waals surface area contributed by atoms with Gasteiger partial charge in [0.15, 0.2) is 0 Å². The molecule has 2 aliphatic rings. The number of hydrogen-bond donors (Lipinski definition) is 2. The number of allylic oxidation sites excluding steroid dienone is 2. The Morgan fingerprint density at radius 1 is 1.13 bits per heavy atom. The van der Waals surface area contributed by atoms with Gasteiger partial charge in [-0.25, -0.2) is 4.79 Å². The van der Waals surface area contributed by atoms with E-state index in [0.29, 0.717) is 22.5 Å². The van der Waals surface area contributed by atoms with Crippen LogP contribution in [-0.2, 0) is 20.7 Å². The maximum absolute atomic E-state index is 13.1. The van der Waals surface area contributed by atoms with Crippen molar-refractivity contribution in [2.75, 3.05) is 12.4 Å². The van der Waals surface area contributed by atoms with E-state index in [9.17, 15) is 19.5 Å². The monoisotopic (exact) mass is 425 g/mol. The van der Waals surface area contributed by atoms with Crippen LogP contribution in [0.5, 0.6) is 0 Å². The molecule has 2 aliphatic carbocycles. The van der Waals surface area contributed by atoms with Crippen LogP contribution in [0.3, 0.4) is 0 Å². The van der Waals surface area contributed by atoms with Gasteiger partial charge in [0.2, 0.25) is 5.91 Å². The number of benzene rings is 1. The zero-order valence-corrected chi connectivity index (χ0v) is 17.6. The summed E-state index contributed by atoms with van der Waals surface area (Å²) in [5, 5.41) is 14.6. The van der Waals surface area contributed by atoms with Gasteiger partial charge in [0.25, 0.3) is 0 Å². The maximum atomic E-state index is 13.1. The number of nitrogens with one attached hydrogen (secondary N) is 1. The van der Waals surface area contributed by atoms with E-state index >= 15 is 0 Å². The Morgan fingerprint density at radius 2 is 1.80 bits per heavy atom. The van der Waals surface area contributed by atoms with Crippen LogP contribution >= 0.6 is 11.3 Å². The Labute approximate surface area is 178 Å². The van der Waals surface area contributed by atoms with Crippen molar-refractivity contribution >= 4 is 34.2 Å². The average molecular weight is 426 g/mol. The van der Waals surface area contributed by atoms with E-state index in [1.807, 2.05) is 41.8 Å². The number of carboxylic acids is 1. The molecule has 1 aromatic carbocycles. The van der Waals surface area contributed by atoms with Crippen molar-refractivity contribution in [3.63, 3.8) is 0 Å². The largest absolute Gasteiger partial charge is 0.481 e. The second-order valence-electron chi connectivity index (χ2n) is 7.72. The summed E-state index contributed by atoms with van der Waals surface area (Å²) in [7, 11) is 1.30. The van der Waals surface area contributed by atoms with Crippen LogP contribution in [0.1, 0.15) is 29.3 Å². The van der Waals surface area contributed by atoms with E-state index in [1.54, 1.807) is 0 Å². The topological polar surface area (TPSA) is 92.7 Å². The molecule has 0 aliphatic heterocycles. The predicted octanol–water partition coefficient (Wildman–Crippen LogP) is 4.23. The van der Waals surface area contributed by atoms with Crippen LogP contribution < -0.4 is 5.32 Å². The van der Waals surface area contributed by atoms with Gasteiger partial charge in [-0.2, -0.15) is 0 Å². The predicted molar refractivity (Wildman–Crippen MR) is 114 cm³/mol. The number of aryl methyl sites for hydroxylation is 1. The average Bonchev–Trinajstić information content (AvgIpc) is 3.47. The molecule has 0 radical (unpaired) electrons. The highest BCUT2D eigenvalue weighted by Crippen LogP contribution is 2.49. The lowest BCUT2D eigenvalue weighted by atomic mass is 9.82. The number of esters is 1. The van der Waals surface area contributed by atoms with Crippen LogP contribution in [0.2, 0.25) is 0 Å². The standard InChI is InChI=1S/C23H23NO5S/c1-3-12-4-6-13(7-5-12)16-11-30-21(19(16)23(28)29-2)24-20(25)17-14-8-9-15(10-14)18(17)22(26)27/h4-9,11,14-15,17-18H,3,10H2,1-2H3,(H,24,25)(H,26,27). The van der Waals surface area contributed by atoms with Gasteiger partial charge in [0.05, 0.1) is 18.9 Å². The molecule has 1 saturated carbocycles. The maximum Gasteiger partial charge on any atom is 0.341 e. The van der Waals surface area contributed by atoms with Crippen molar-refractivity contribution in [1.82, 2.24) is 0 Å². The van der Waals surface area contributed by atoms with E-state index < -0.39 is 23.8 Å². The molecule has 0 spiro atoms. The van der Waals surface area contributed by atoms with Crippen molar-refractivity contribution < 1.29 is 24.2 Å². The van der Waals surface area contributed by atoms with E-state index in [2.05, 4.69) is 12.2 Å². The molecule has 2 aromatic rings. The lowest BCUT2D eigenvalue weighted by molar-refractivity contribution is -0.146. The first-order valence-corrected chi connectivity index (χ1v) is 10.8. The van der Waals surface area contributed by atoms with E-state index in [1.165, 1.54) is 24.0 Å². The highest BCUT2D eigenvalue weighted by Gasteiger charge is 2.51. The summed E-state index contributed by atoms with van der Waals surface area (Å²) < 4.78 is 4.97. The second kappa shape index (κ2) is 8.07. The number of carbonyl (C=O) groups is 3. The zero-order chi connectivity index (χ0) is 21.4. The first kappa shape index (κ1) is 20.3. The van der Waals surface area contributed by atoms with Gasteiger partial charge >= 0.3 is 11.9 Å². The SMILES string of the molecule is CCc1ccc(-c2csc(NC(=O)C3C4C=CC(C4)C3C(=O)O)c2C(=O)OC)cc1.